The molecule has 2 aliphatic rings. The first-order chi connectivity index (χ1) is 33.0. The van der Waals surface area contributed by atoms with Gasteiger partial charge in [-0.2, -0.15) is 0 Å². The number of halogens is 20. The summed E-state index contributed by atoms with van der Waals surface area (Å²) in [5.74, 6) is -54.1. The van der Waals surface area contributed by atoms with Crippen LogP contribution < -0.4 is 0 Å². The molecule has 70 heavy (non-hydrogen) atoms. The Labute approximate surface area is 373 Å². The minimum Gasteiger partial charge on any atom is -0.481 e. The van der Waals surface area contributed by atoms with Crippen molar-refractivity contribution in [1.29, 1.82) is 0 Å². The zero-order valence-corrected chi connectivity index (χ0v) is 33.4. The lowest BCUT2D eigenvalue weighted by Crippen LogP contribution is -2.08. The molecule has 0 spiro atoms. The van der Waals surface area contributed by atoms with Crippen LogP contribution >= 0.6 is 0 Å². The van der Waals surface area contributed by atoms with Crippen molar-refractivity contribution in [3.63, 3.8) is 0 Å². The number of fused-ring (bicyclic) bond motifs is 8. The van der Waals surface area contributed by atoms with E-state index in [0.717, 1.165) is 0 Å². The summed E-state index contributed by atoms with van der Waals surface area (Å²) in [6.07, 6.45) is 0.452. The number of aromatic amines is 2. The highest BCUT2D eigenvalue weighted by Gasteiger charge is 2.36. The number of methoxy groups -OCH3 is 1. The number of hydrogen-bond donors (Lipinski definition) is 2. The van der Waals surface area contributed by atoms with Crippen LogP contribution in [-0.2, 0) is 4.74 Å². The van der Waals surface area contributed by atoms with Gasteiger partial charge in [0, 0.05) is 61.7 Å². The second kappa shape index (κ2) is 16.5. The van der Waals surface area contributed by atoms with Crippen LogP contribution in [0, 0.1) is 116 Å². The van der Waals surface area contributed by atoms with E-state index < -0.39 is 211 Å². The molecule has 0 fully saturated rings. The van der Waals surface area contributed by atoms with Gasteiger partial charge in [-0.3, -0.25) is 4.99 Å². The maximum Gasteiger partial charge on any atom is 0.221 e. The van der Waals surface area contributed by atoms with Crippen molar-refractivity contribution in [3.8, 4) is 44.5 Å². The van der Waals surface area contributed by atoms with Crippen LogP contribution in [0.15, 0.2) is 46.4 Å². The number of rotatable bonds is 4. The largest absolute Gasteiger partial charge is 0.481 e. The number of nitrogens with one attached hydrogen (secondary N) is 2. The van der Waals surface area contributed by atoms with E-state index in [4.69, 9.17) is 4.74 Å². The summed E-state index contributed by atoms with van der Waals surface area (Å²) < 4.78 is 310. The maximum absolute atomic E-state index is 16.0. The molecule has 8 bridgehead atoms. The topological polar surface area (TPSA) is 65.5 Å². The van der Waals surface area contributed by atoms with E-state index in [1.54, 1.807) is 0 Å². The third kappa shape index (κ3) is 6.64. The van der Waals surface area contributed by atoms with Crippen LogP contribution in [0.25, 0.3) is 66.6 Å². The Bertz CT molecular complexity index is 3670. The average molecular weight is 1000 g/mol. The molecular weight excluding hydrogens is 992 g/mol. The van der Waals surface area contributed by atoms with Crippen LogP contribution in [0.1, 0.15) is 11.1 Å². The molecule has 7 aromatic rings. The molecule has 25 heteroatoms. The number of aromatic nitrogens is 2. The van der Waals surface area contributed by atoms with Gasteiger partial charge in [0.1, 0.15) is 0 Å². The lowest BCUT2D eigenvalue weighted by atomic mass is 9.98. The molecule has 5 nitrogen and oxygen atoms in total. The van der Waals surface area contributed by atoms with E-state index in [-0.39, 0.29) is 0 Å². The van der Waals surface area contributed by atoms with Gasteiger partial charge in [-0.25, -0.2) is 92.8 Å². The molecule has 0 amide bonds. The van der Waals surface area contributed by atoms with Crippen LogP contribution in [-0.4, -0.2) is 29.2 Å². The Hall–Kier alpha value is -8.12. The zero-order chi connectivity index (χ0) is 50.8. The van der Waals surface area contributed by atoms with Gasteiger partial charge in [0.25, 0.3) is 0 Å². The van der Waals surface area contributed by atoms with Crippen molar-refractivity contribution in [2.45, 2.75) is 0 Å². The molecule has 4 aromatic carbocycles. The van der Waals surface area contributed by atoms with Crippen molar-refractivity contribution in [3.05, 3.63) is 164 Å². The SMILES string of the molecule is COC1=Nc2cc1c(-c1c(F)c(F)c(F)c(F)c1F)c1ccc([nH]1)c(-c1c(F)c(F)c(F)c(F)c1F)c1cc(c(-c3c(F)c(F)c(F)c(F)c3F)c3ccc([nH]3)c2-c2c(F)c(F)c(F)c(F)c2F)C=N1. The van der Waals surface area contributed by atoms with Gasteiger partial charge in [-0.1, -0.05) is 0 Å². The summed E-state index contributed by atoms with van der Waals surface area (Å²) in [5.41, 5.74) is -20.7. The van der Waals surface area contributed by atoms with E-state index in [1.807, 2.05) is 0 Å². The second-order valence-corrected chi connectivity index (χ2v) is 14.7. The van der Waals surface area contributed by atoms with Crippen LogP contribution in [0.5, 0.6) is 0 Å². The van der Waals surface area contributed by atoms with E-state index in [0.29, 0.717) is 49.7 Å². The quantitative estimate of drug-likeness (QED) is 0.103. The predicted octanol–water partition coefficient (Wildman–Crippen LogP) is 14.5. The molecule has 0 saturated heterocycles. The molecule has 0 saturated carbocycles. The number of hydrogen-bond acceptors (Lipinski definition) is 3. The Morgan fingerprint density at radius 1 is 0.329 bits per heavy atom. The van der Waals surface area contributed by atoms with Crippen molar-refractivity contribution < 1.29 is 92.5 Å². The molecule has 358 valence electrons. The van der Waals surface area contributed by atoms with E-state index >= 15 is 52.7 Å². The number of H-pyrrole nitrogens is 2. The predicted molar refractivity (Wildman–Crippen MR) is 207 cm³/mol. The molecule has 3 aromatic heterocycles. The number of aliphatic imine (C=N–C) groups is 2. The molecule has 0 unspecified atom stereocenters. The number of ether oxygens (including phenoxy) is 1. The molecule has 5 heterocycles. The Kier molecular flexibility index (Phi) is 11.1. The Morgan fingerprint density at radius 3 is 0.971 bits per heavy atom. The number of benzene rings is 4. The summed E-state index contributed by atoms with van der Waals surface area (Å²) >= 11 is 0. The first kappa shape index (κ1) is 47.0. The number of nitrogens with zero attached hydrogens (tertiary/aromatic N) is 2. The van der Waals surface area contributed by atoms with Crippen molar-refractivity contribution in [2.24, 2.45) is 9.98 Å². The first-order valence-corrected chi connectivity index (χ1v) is 18.8. The van der Waals surface area contributed by atoms with Gasteiger partial charge in [-0.15, -0.1) is 0 Å². The van der Waals surface area contributed by atoms with Gasteiger partial charge in [0.05, 0.1) is 40.7 Å². The van der Waals surface area contributed by atoms with Gasteiger partial charge in [0.2, 0.25) is 29.2 Å². The molecular formula is C45H12F20N4O. The van der Waals surface area contributed by atoms with Crippen LogP contribution in [0.2, 0.25) is 0 Å². The van der Waals surface area contributed by atoms with Crippen molar-refractivity contribution in [1.82, 2.24) is 9.97 Å². The second-order valence-electron chi connectivity index (χ2n) is 14.7. The maximum atomic E-state index is 16.0. The normalized spacial score (nSPS) is 12.4. The lowest BCUT2D eigenvalue weighted by molar-refractivity contribution is 0.381. The Morgan fingerprint density at radius 2 is 0.614 bits per heavy atom. The Balaban J connectivity index is 1.63. The first-order valence-electron chi connectivity index (χ1n) is 18.8. The minimum absolute atomic E-state index is 0.430. The monoisotopic (exact) mass is 1000 g/mol. The highest BCUT2D eigenvalue weighted by molar-refractivity contribution is 6.11. The highest BCUT2D eigenvalue weighted by atomic mass is 19.2. The standard InChI is InChI=1S/C45H12F20N4O/c1-70-45-10-7-16(69-45)20(24-31(52)39(60)44(65)40(61)32(24)53)14-4-2-11(67-14)17(21-25(46)33(54)41(62)34(55)26(21)47)9-6-15(66-8-9)19(23-29(50)37(58)43(64)38(59)30(23)51)13-5-3-12(68-13)18(10)22-27(48)35(56)42(63)36(57)28(22)49/h2-8,67-68H,1H3. The van der Waals surface area contributed by atoms with Gasteiger partial charge < -0.3 is 14.7 Å². The lowest BCUT2D eigenvalue weighted by Gasteiger charge is -2.12. The molecule has 9 rings (SSSR count). The van der Waals surface area contributed by atoms with Crippen LogP contribution in [0.4, 0.5) is 99.2 Å². The fraction of sp³-hybridized carbons (Fsp3) is 0.0222. The van der Waals surface area contributed by atoms with E-state index in [9.17, 15) is 35.1 Å². The van der Waals surface area contributed by atoms with Gasteiger partial charge in [-0.05, 0) is 36.4 Å². The summed E-state index contributed by atoms with van der Waals surface area (Å²) in [5, 5.41) is 0. The minimum atomic E-state index is -2.74. The zero-order valence-electron chi connectivity index (χ0n) is 33.4. The molecule has 2 aliphatic heterocycles. The van der Waals surface area contributed by atoms with E-state index in [1.165, 1.54) is 0 Å². The van der Waals surface area contributed by atoms with Crippen LogP contribution in [0.3, 0.4) is 0 Å². The van der Waals surface area contributed by atoms with Gasteiger partial charge in [0.15, 0.2) is 93.1 Å². The molecule has 0 atom stereocenters. The summed E-state index contributed by atoms with van der Waals surface area (Å²) in [7, 11) is 0.706. The summed E-state index contributed by atoms with van der Waals surface area (Å²) in [6.45, 7) is 0. The fourth-order valence-electron chi connectivity index (χ4n) is 7.82. The average Bonchev–Trinajstić information content (AvgIpc) is 4.20. The molecule has 0 radical (unpaired) electrons. The molecule has 2 N–H and O–H groups in total. The third-order valence-electron chi connectivity index (χ3n) is 10.9. The van der Waals surface area contributed by atoms with E-state index in [2.05, 4.69) is 20.0 Å². The third-order valence-corrected chi connectivity index (χ3v) is 10.9. The fourth-order valence-corrected chi connectivity index (χ4v) is 7.82. The smallest absolute Gasteiger partial charge is 0.221 e. The summed E-state index contributed by atoms with van der Waals surface area (Å²) in [6, 6.07) is 3.37. The molecule has 0 aliphatic carbocycles. The van der Waals surface area contributed by atoms with Gasteiger partial charge >= 0.3 is 0 Å². The van der Waals surface area contributed by atoms with Crippen molar-refractivity contribution in [2.75, 3.05) is 7.11 Å². The highest BCUT2D eigenvalue weighted by Crippen LogP contribution is 2.47. The van der Waals surface area contributed by atoms with Crippen molar-refractivity contribution >= 4 is 45.6 Å². The summed E-state index contributed by atoms with van der Waals surface area (Å²) in [4.78, 5) is 12.2.